The molecule has 15 heavy (non-hydrogen) atoms. The molecule has 1 heteroatoms. The number of rotatable bonds is 1. The van der Waals surface area contributed by atoms with E-state index in [0.717, 1.165) is 5.92 Å². The van der Waals surface area contributed by atoms with Gasteiger partial charge >= 0.3 is 0 Å². The normalized spacial score (nSPS) is 28.7. The Bertz CT molecular complexity index is 319. The summed E-state index contributed by atoms with van der Waals surface area (Å²) in [7, 11) is 0. The molecule has 80 valence electrons. The van der Waals surface area contributed by atoms with Crippen molar-refractivity contribution in [3.63, 3.8) is 0 Å². The minimum atomic E-state index is 0.599. The van der Waals surface area contributed by atoms with Gasteiger partial charge in [0.25, 0.3) is 0 Å². The van der Waals surface area contributed by atoms with Gasteiger partial charge in [0.1, 0.15) is 0 Å². The minimum Gasteiger partial charge on any atom is -0.316 e. The van der Waals surface area contributed by atoms with Gasteiger partial charge in [-0.15, -0.1) is 0 Å². The van der Waals surface area contributed by atoms with E-state index in [4.69, 9.17) is 0 Å². The molecule has 1 saturated carbocycles. The highest BCUT2D eigenvalue weighted by Crippen LogP contribution is 2.50. The molecule has 0 radical (unpaired) electrons. The van der Waals surface area contributed by atoms with Crippen molar-refractivity contribution in [2.75, 3.05) is 13.1 Å². The second kappa shape index (κ2) is 3.64. The summed E-state index contributed by atoms with van der Waals surface area (Å²) in [5.74, 6) is 0.765. The van der Waals surface area contributed by atoms with E-state index in [-0.39, 0.29) is 0 Å². The van der Waals surface area contributed by atoms with Crippen LogP contribution < -0.4 is 5.32 Å². The molecule has 1 aliphatic carbocycles. The largest absolute Gasteiger partial charge is 0.316 e. The first-order chi connectivity index (χ1) is 7.41. The van der Waals surface area contributed by atoms with E-state index >= 15 is 0 Å². The van der Waals surface area contributed by atoms with Crippen molar-refractivity contribution in [3.05, 3.63) is 35.9 Å². The summed E-state index contributed by atoms with van der Waals surface area (Å²) >= 11 is 0. The van der Waals surface area contributed by atoms with Crippen LogP contribution in [0.5, 0.6) is 0 Å². The van der Waals surface area contributed by atoms with E-state index in [0.29, 0.717) is 5.41 Å². The Labute approximate surface area is 91.9 Å². The average Bonchev–Trinajstić information content (AvgIpc) is 2.91. The summed E-state index contributed by atoms with van der Waals surface area (Å²) in [4.78, 5) is 0. The molecule has 1 aromatic carbocycles. The Hall–Kier alpha value is -0.820. The van der Waals surface area contributed by atoms with Crippen LogP contribution in [0.3, 0.4) is 0 Å². The van der Waals surface area contributed by atoms with Crippen molar-refractivity contribution in [1.82, 2.24) is 5.32 Å². The Morgan fingerprint density at radius 1 is 1.07 bits per heavy atom. The van der Waals surface area contributed by atoms with Crippen molar-refractivity contribution in [1.29, 1.82) is 0 Å². The van der Waals surface area contributed by atoms with E-state index in [1.807, 2.05) is 0 Å². The zero-order valence-corrected chi connectivity index (χ0v) is 9.21. The third-order valence-corrected chi connectivity index (χ3v) is 4.37. The summed E-state index contributed by atoms with van der Waals surface area (Å²) in [5, 5.41) is 3.60. The standard InChI is InChI=1S/C14H19N/c1-2-6-12(7-3-1)13-10-15-11-14(13)8-4-5-9-14/h1-3,6-7,13,15H,4-5,8-11H2. The molecule has 0 bridgehead atoms. The van der Waals surface area contributed by atoms with Crippen molar-refractivity contribution in [3.8, 4) is 0 Å². The smallest absolute Gasteiger partial charge is 0.00320 e. The van der Waals surface area contributed by atoms with Crippen molar-refractivity contribution >= 4 is 0 Å². The molecule has 1 unspecified atom stereocenters. The number of hydrogen-bond acceptors (Lipinski definition) is 1. The van der Waals surface area contributed by atoms with Crippen LogP contribution in [-0.2, 0) is 0 Å². The minimum absolute atomic E-state index is 0.599. The molecular weight excluding hydrogens is 182 g/mol. The zero-order chi connectivity index (χ0) is 10.1. The molecule has 1 nitrogen and oxygen atoms in total. The fourth-order valence-corrected chi connectivity index (χ4v) is 3.57. The van der Waals surface area contributed by atoms with E-state index in [1.54, 1.807) is 5.56 Å². The van der Waals surface area contributed by atoms with Gasteiger partial charge in [0, 0.05) is 19.0 Å². The monoisotopic (exact) mass is 201 g/mol. The lowest BCUT2D eigenvalue weighted by molar-refractivity contribution is 0.295. The van der Waals surface area contributed by atoms with Crippen LogP contribution in [0.15, 0.2) is 30.3 Å². The summed E-state index contributed by atoms with van der Waals surface area (Å²) < 4.78 is 0. The van der Waals surface area contributed by atoms with Gasteiger partial charge in [0.05, 0.1) is 0 Å². The highest BCUT2D eigenvalue weighted by molar-refractivity contribution is 5.25. The summed E-state index contributed by atoms with van der Waals surface area (Å²) in [6, 6.07) is 11.1. The van der Waals surface area contributed by atoms with Crippen LogP contribution >= 0.6 is 0 Å². The van der Waals surface area contributed by atoms with Gasteiger partial charge < -0.3 is 5.32 Å². The van der Waals surface area contributed by atoms with Gasteiger partial charge in [-0.1, -0.05) is 43.2 Å². The van der Waals surface area contributed by atoms with E-state index in [9.17, 15) is 0 Å². The first-order valence-corrected chi connectivity index (χ1v) is 6.16. The number of hydrogen-bond donors (Lipinski definition) is 1. The predicted molar refractivity (Wildman–Crippen MR) is 63.0 cm³/mol. The van der Waals surface area contributed by atoms with Gasteiger partial charge in [-0.3, -0.25) is 0 Å². The predicted octanol–water partition coefficient (Wildman–Crippen LogP) is 2.93. The lowest BCUT2D eigenvalue weighted by Crippen LogP contribution is -2.25. The van der Waals surface area contributed by atoms with E-state index in [2.05, 4.69) is 35.6 Å². The second-order valence-electron chi connectivity index (χ2n) is 5.16. The van der Waals surface area contributed by atoms with Crippen LogP contribution in [0, 0.1) is 5.41 Å². The molecule has 2 fully saturated rings. The molecule has 1 atom stereocenters. The molecule has 1 heterocycles. The average molecular weight is 201 g/mol. The summed E-state index contributed by atoms with van der Waals surface area (Å²) in [5.41, 5.74) is 2.14. The van der Waals surface area contributed by atoms with Crippen LogP contribution in [-0.4, -0.2) is 13.1 Å². The zero-order valence-electron chi connectivity index (χ0n) is 9.21. The second-order valence-corrected chi connectivity index (χ2v) is 5.16. The molecule has 1 spiro atoms. The molecule has 1 N–H and O–H groups in total. The quantitative estimate of drug-likeness (QED) is 0.736. The van der Waals surface area contributed by atoms with E-state index < -0.39 is 0 Å². The molecule has 3 rings (SSSR count). The fourth-order valence-electron chi connectivity index (χ4n) is 3.57. The first kappa shape index (κ1) is 9.41. The van der Waals surface area contributed by atoms with Gasteiger partial charge in [-0.05, 0) is 23.8 Å². The number of benzene rings is 1. The van der Waals surface area contributed by atoms with Crippen molar-refractivity contribution in [2.45, 2.75) is 31.6 Å². The van der Waals surface area contributed by atoms with Gasteiger partial charge in [-0.2, -0.15) is 0 Å². The Kier molecular flexibility index (Phi) is 2.28. The topological polar surface area (TPSA) is 12.0 Å². The first-order valence-electron chi connectivity index (χ1n) is 6.16. The van der Waals surface area contributed by atoms with Crippen molar-refractivity contribution < 1.29 is 0 Å². The molecule has 1 aliphatic heterocycles. The fraction of sp³-hybridized carbons (Fsp3) is 0.571. The lowest BCUT2D eigenvalue weighted by Gasteiger charge is -2.30. The van der Waals surface area contributed by atoms with Gasteiger partial charge in [0.2, 0.25) is 0 Å². The molecule has 0 amide bonds. The van der Waals surface area contributed by atoms with Crippen LogP contribution in [0.2, 0.25) is 0 Å². The highest BCUT2D eigenvalue weighted by atomic mass is 14.9. The summed E-state index contributed by atoms with van der Waals surface area (Å²) in [6.45, 7) is 2.43. The molecule has 0 aromatic heterocycles. The van der Waals surface area contributed by atoms with Gasteiger partial charge in [-0.25, -0.2) is 0 Å². The van der Waals surface area contributed by atoms with Crippen LogP contribution in [0.4, 0.5) is 0 Å². The highest BCUT2D eigenvalue weighted by Gasteiger charge is 2.44. The van der Waals surface area contributed by atoms with Gasteiger partial charge in [0.15, 0.2) is 0 Å². The third-order valence-electron chi connectivity index (χ3n) is 4.37. The Morgan fingerprint density at radius 2 is 1.80 bits per heavy atom. The molecule has 2 aliphatic rings. The molecular formula is C14H19N. The number of nitrogens with one attached hydrogen (secondary N) is 1. The Balaban J connectivity index is 1.92. The SMILES string of the molecule is c1ccc(C2CNCC23CCCC3)cc1. The third kappa shape index (κ3) is 1.50. The van der Waals surface area contributed by atoms with E-state index in [1.165, 1.54) is 38.8 Å². The van der Waals surface area contributed by atoms with Crippen molar-refractivity contribution in [2.24, 2.45) is 5.41 Å². The lowest BCUT2D eigenvalue weighted by atomic mass is 9.73. The van der Waals surface area contributed by atoms with Crippen LogP contribution in [0.1, 0.15) is 37.2 Å². The maximum absolute atomic E-state index is 3.60. The molecule has 1 aromatic rings. The maximum atomic E-state index is 3.60. The van der Waals surface area contributed by atoms with Crippen LogP contribution in [0.25, 0.3) is 0 Å². The maximum Gasteiger partial charge on any atom is 0.00320 e. The Morgan fingerprint density at radius 3 is 2.53 bits per heavy atom. The summed E-state index contributed by atoms with van der Waals surface area (Å²) in [6.07, 6.45) is 5.73. The molecule has 1 saturated heterocycles.